The molecule has 2 aromatic heterocycles. The first kappa shape index (κ1) is 13.5. The van der Waals surface area contributed by atoms with Crippen molar-refractivity contribution in [3.8, 4) is 0 Å². The van der Waals surface area contributed by atoms with Crippen molar-refractivity contribution in [2.75, 3.05) is 12.4 Å². The minimum atomic E-state index is 0.745. The van der Waals surface area contributed by atoms with Crippen LogP contribution in [0.25, 0.3) is 10.2 Å². The van der Waals surface area contributed by atoms with Crippen LogP contribution in [0, 0.1) is 6.92 Å². The molecule has 0 aliphatic heterocycles. The lowest BCUT2D eigenvalue weighted by molar-refractivity contribution is 0.997. The molecule has 3 nitrogen and oxygen atoms in total. The fourth-order valence-corrected chi connectivity index (χ4v) is 3.30. The average molecular weight is 348 g/mol. The second-order valence-electron chi connectivity index (χ2n) is 4.62. The largest absolute Gasteiger partial charge is 0.372 e. The predicted molar refractivity (Wildman–Crippen MR) is 88.6 cm³/mol. The average Bonchev–Trinajstić information content (AvgIpc) is 2.80. The van der Waals surface area contributed by atoms with Crippen LogP contribution in [0.15, 0.2) is 34.8 Å². The van der Waals surface area contributed by atoms with Crippen LogP contribution in [0.2, 0.25) is 0 Å². The van der Waals surface area contributed by atoms with E-state index in [1.807, 2.05) is 19.2 Å². The molecule has 3 aromatic rings. The summed E-state index contributed by atoms with van der Waals surface area (Å²) < 4.78 is 1.09. The third kappa shape index (κ3) is 2.69. The molecule has 0 unspecified atom stereocenters. The van der Waals surface area contributed by atoms with Crippen molar-refractivity contribution in [1.82, 2.24) is 9.97 Å². The van der Waals surface area contributed by atoms with Gasteiger partial charge in [-0.25, -0.2) is 9.97 Å². The van der Waals surface area contributed by atoms with E-state index < -0.39 is 0 Å². The number of thiophene rings is 1. The summed E-state index contributed by atoms with van der Waals surface area (Å²) in [5, 5.41) is 4.27. The number of fused-ring (bicyclic) bond motifs is 1. The van der Waals surface area contributed by atoms with E-state index in [1.165, 1.54) is 10.4 Å². The first-order valence-corrected chi connectivity index (χ1v) is 7.96. The Morgan fingerprint density at radius 2 is 1.95 bits per heavy atom. The third-order valence-electron chi connectivity index (χ3n) is 3.07. The lowest BCUT2D eigenvalue weighted by Crippen LogP contribution is -2.01. The molecule has 1 aromatic carbocycles. The first-order chi connectivity index (χ1) is 9.65. The Bertz CT molecular complexity index is 750. The van der Waals surface area contributed by atoms with E-state index in [0.717, 1.165) is 32.8 Å². The van der Waals surface area contributed by atoms with Crippen LogP contribution >= 0.6 is 27.3 Å². The topological polar surface area (TPSA) is 37.8 Å². The number of aryl methyl sites for hydroxylation is 1. The Kier molecular flexibility index (Phi) is 3.72. The highest BCUT2D eigenvalue weighted by Gasteiger charge is 2.10. The molecule has 0 fully saturated rings. The molecule has 0 bridgehead atoms. The second kappa shape index (κ2) is 5.50. The van der Waals surface area contributed by atoms with Gasteiger partial charge in [0.2, 0.25) is 0 Å². The van der Waals surface area contributed by atoms with Crippen molar-refractivity contribution >= 4 is 43.3 Å². The summed E-state index contributed by atoms with van der Waals surface area (Å²) in [5.41, 5.74) is 1.21. The highest BCUT2D eigenvalue weighted by atomic mass is 79.9. The van der Waals surface area contributed by atoms with Crippen LogP contribution in [-0.2, 0) is 6.42 Å². The van der Waals surface area contributed by atoms with E-state index >= 15 is 0 Å². The number of nitrogens with one attached hydrogen (secondary N) is 1. The standard InChI is InChI=1S/C15H14BrN3S/c1-9-7-12-14(17-2)18-13(19-15(12)20-9)8-10-3-5-11(16)6-4-10/h3-7H,8H2,1-2H3,(H,17,18,19). The summed E-state index contributed by atoms with van der Waals surface area (Å²) in [6.45, 7) is 2.10. The van der Waals surface area contributed by atoms with E-state index in [-0.39, 0.29) is 0 Å². The van der Waals surface area contributed by atoms with Crippen LogP contribution < -0.4 is 5.32 Å². The minimum Gasteiger partial charge on any atom is -0.372 e. The maximum Gasteiger partial charge on any atom is 0.138 e. The number of halogens is 1. The van der Waals surface area contributed by atoms with Crippen LogP contribution in [0.4, 0.5) is 5.82 Å². The van der Waals surface area contributed by atoms with Crippen LogP contribution in [0.5, 0.6) is 0 Å². The van der Waals surface area contributed by atoms with Gasteiger partial charge >= 0.3 is 0 Å². The SMILES string of the molecule is CNc1nc(Cc2ccc(Br)cc2)nc2sc(C)cc12. The van der Waals surface area contributed by atoms with Crippen molar-refractivity contribution in [1.29, 1.82) is 0 Å². The molecule has 0 aliphatic rings. The minimum absolute atomic E-state index is 0.745. The zero-order valence-electron chi connectivity index (χ0n) is 11.3. The van der Waals surface area contributed by atoms with Gasteiger partial charge in [0.05, 0.1) is 5.39 Å². The van der Waals surface area contributed by atoms with E-state index in [0.29, 0.717) is 0 Å². The molecule has 20 heavy (non-hydrogen) atoms. The Morgan fingerprint density at radius 3 is 2.65 bits per heavy atom. The third-order valence-corrected chi connectivity index (χ3v) is 4.55. The summed E-state index contributed by atoms with van der Waals surface area (Å²) in [7, 11) is 1.90. The smallest absolute Gasteiger partial charge is 0.138 e. The van der Waals surface area contributed by atoms with Crippen LogP contribution in [-0.4, -0.2) is 17.0 Å². The van der Waals surface area contributed by atoms with E-state index in [2.05, 4.69) is 56.3 Å². The monoisotopic (exact) mass is 347 g/mol. The molecular weight excluding hydrogens is 334 g/mol. The summed E-state index contributed by atoms with van der Waals surface area (Å²) in [5.74, 6) is 1.76. The molecule has 1 N–H and O–H groups in total. The van der Waals surface area contributed by atoms with Gasteiger partial charge in [0.15, 0.2) is 0 Å². The fourth-order valence-electron chi connectivity index (χ4n) is 2.14. The Hall–Kier alpha value is -1.46. The normalized spacial score (nSPS) is 10.9. The Morgan fingerprint density at radius 1 is 1.20 bits per heavy atom. The van der Waals surface area contributed by atoms with Gasteiger partial charge in [-0.15, -0.1) is 11.3 Å². The number of anilines is 1. The van der Waals surface area contributed by atoms with Crippen molar-refractivity contribution < 1.29 is 0 Å². The quantitative estimate of drug-likeness (QED) is 0.763. The Labute approximate surface area is 130 Å². The first-order valence-electron chi connectivity index (χ1n) is 6.35. The van der Waals surface area contributed by atoms with Gasteiger partial charge in [-0.2, -0.15) is 0 Å². The molecule has 0 amide bonds. The molecule has 3 rings (SSSR count). The zero-order valence-corrected chi connectivity index (χ0v) is 13.7. The summed E-state index contributed by atoms with van der Waals surface area (Å²) in [6, 6.07) is 10.4. The molecule has 2 heterocycles. The number of nitrogens with zero attached hydrogens (tertiary/aromatic N) is 2. The molecule has 102 valence electrons. The van der Waals surface area contributed by atoms with Gasteiger partial charge < -0.3 is 5.32 Å². The highest BCUT2D eigenvalue weighted by Crippen LogP contribution is 2.28. The molecule has 0 aliphatic carbocycles. The summed E-state index contributed by atoms with van der Waals surface area (Å²) in [6.07, 6.45) is 0.745. The highest BCUT2D eigenvalue weighted by molar-refractivity contribution is 9.10. The number of hydrogen-bond donors (Lipinski definition) is 1. The van der Waals surface area contributed by atoms with Gasteiger partial charge in [0.1, 0.15) is 16.5 Å². The molecule has 0 saturated carbocycles. The number of rotatable bonds is 3. The summed E-state index contributed by atoms with van der Waals surface area (Å²) >= 11 is 5.16. The van der Waals surface area contributed by atoms with Gasteiger partial charge in [-0.1, -0.05) is 28.1 Å². The van der Waals surface area contributed by atoms with E-state index in [4.69, 9.17) is 0 Å². The molecule has 0 atom stereocenters. The fraction of sp³-hybridized carbons (Fsp3) is 0.200. The van der Waals surface area contributed by atoms with Gasteiger partial charge in [0.25, 0.3) is 0 Å². The molecular formula is C15H14BrN3S. The number of benzene rings is 1. The van der Waals surface area contributed by atoms with E-state index in [1.54, 1.807) is 11.3 Å². The lowest BCUT2D eigenvalue weighted by atomic mass is 10.1. The van der Waals surface area contributed by atoms with Gasteiger partial charge in [-0.05, 0) is 30.7 Å². The van der Waals surface area contributed by atoms with Crippen molar-refractivity contribution in [3.63, 3.8) is 0 Å². The maximum atomic E-state index is 4.68. The van der Waals surface area contributed by atoms with E-state index in [9.17, 15) is 0 Å². The lowest BCUT2D eigenvalue weighted by Gasteiger charge is -2.05. The molecule has 0 radical (unpaired) electrons. The molecule has 5 heteroatoms. The van der Waals surface area contributed by atoms with Crippen molar-refractivity contribution in [3.05, 3.63) is 51.1 Å². The second-order valence-corrected chi connectivity index (χ2v) is 6.77. The Balaban J connectivity index is 2.00. The number of aromatic nitrogens is 2. The zero-order chi connectivity index (χ0) is 14.1. The van der Waals surface area contributed by atoms with Crippen LogP contribution in [0.1, 0.15) is 16.3 Å². The van der Waals surface area contributed by atoms with Gasteiger partial charge in [0, 0.05) is 22.8 Å². The van der Waals surface area contributed by atoms with Crippen LogP contribution in [0.3, 0.4) is 0 Å². The number of hydrogen-bond acceptors (Lipinski definition) is 4. The predicted octanol–water partition coefficient (Wildman–Crippen LogP) is 4.39. The molecule has 0 spiro atoms. The van der Waals surface area contributed by atoms with Gasteiger partial charge in [-0.3, -0.25) is 0 Å². The molecule has 0 saturated heterocycles. The van der Waals surface area contributed by atoms with Crippen molar-refractivity contribution in [2.24, 2.45) is 0 Å². The maximum absolute atomic E-state index is 4.68. The summed E-state index contributed by atoms with van der Waals surface area (Å²) in [4.78, 5) is 11.6. The van der Waals surface area contributed by atoms with Crippen molar-refractivity contribution in [2.45, 2.75) is 13.3 Å².